The highest BCUT2D eigenvalue weighted by Gasteiger charge is 2.35. The van der Waals surface area contributed by atoms with E-state index in [0.29, 0.717) is 104 Å². The van der Waals surface area contributed by atoms with E-state index in [1.54, 1.807) is 90.0 Å². The fraction of sp³-hybridized carbons (Fsp3) is 0.246. The van der Waals surface area contributed by atoms with Crippen LogP contribution < -0.4 is 31.4 Å². The molecule has 3 aromatic heterocycles. The lowest BCUT2D eigenvalue weighted by Crippen LogP contribution is -2.49. The normalized spacial score (nSPS) is 13.4. The fourth-order valence-electron chi connectivity index (χ4n) is 8.52. The standard InChI is InChI=1S/C57H56N10O6/c1-40(44-9-3-2-4-10-44)28-54(68)65-26-23-57(71,24-27-65)38-66-39-62-52-29-41(15-22-50(52)56(66)70)8-7-25-59-31-43-32-63-67(35-43)36-46-33-61-47(34-60-46)37-72-48-18-20-49(21-19-48)73-53-12-6-5-11-51(53)64-55(69)45-16-13-42(30-58)14-17-45/h2-6,9-22,29,32-35,39-40,59,71H,23-28,30-31,36-38,58H2,1H3,(H,64,69)/t40-/m1/s1. The Kier molecular flexibility index (Phi) is 15.7. The number of aromatic nitrogens is 6. The van der Waals surface area contributed by atoms with Crippen LogP contribution in [0.5, 0.6) is 17.2 Å². The van der Waals surface area contributed by atoms with Gasteiger partial charge in [0.1, 0.15) is 18.1 Å². The van der Waals surface area contributed by atoms with Crippen molar-refractivity contribution >= 4 is 28.4 Å². The van der Waals surface area contributed by atoms with Gasteiger partial charge in [0.2, 0.25) is 5.91 Å². The number of benzene rings is 5. The van der Waals surface area contributed by atoms with Crippen LogP contribution in [-0.4, -0.2) is 76.4 Å². The number of ether oxygens (including phenoxy) is 2. The van der Waals surface area contributed by atoms with Crippen molar-refractivity contribution < 1.29 is 24.2 Å². The van der Waals surface area contributed by atoms with Gasteiger partial charge in [-0.15, -0.1) is 0 Å². The maximum atomic E-state index is 13.5. The molecule has 1 saturated heterocycles. The minimum absolute atomic E-state index is 0.0753. The molecule has 16 heteroatoms. The van der Waals surface area contributed by atoms with E-state index in [1.165, 1.54) is 10.9 Å². The number of amides is 2. The number of para-hydroxylation sites is 2. The third-order valence-electron chi connectivity index (χ3n) is 12.8. The summed E-state index contributed by atoms with van der Waals surface area (Å²) in [5.41, 5.74) is 11.1. The number of nitrogens with zero attached hydrogens (tertiary/aromatic N) is 7. The number of carbonyl (C=O) groups excluding carboxylic acids is 2. The SMILES string of the molecule is C[C@H](CC(=O)N1CCC(O)(Cn2cnc3cc(C#CCNCc4cnn(Cc5cnc(COc6ccc(Oc7ccccc7NC(=O)c7ccc(CN)cc7)cc6)cn5)c4)ccc3c2=O)CC1)c1ccccc1. The molecule has 4 heterocycles. The smallest absolute Gasteiger partial charge is 0.261 e. The van der Waals surface area contributed by atoms with Crippen molar-refractivity contribution in [3.8, 4) is 29.1 Å². The van der Waals surface area contributed by atoms with Gasteiger partial charge < -0.3 is 35.8 Å². The van der Waals surface area contributed by atoms with Crippen molar-refractivity contribution in [3.05, 3.63) is 202 Å². The highest BCUT2D eigenvalue weighted by molar-refractivity contribution is 6.05. The summed E-state index contributed by atoms with van der Waals surface area (Å²) < 4.78 is 15.3. The summed E-state index contributed by atoms with van der Waals surface area (Å²) in [7, 11) is 0. The molecular weight excluding hydrogens is 921 g/mol. The number of hydrogen-bond donors (Lipinski definition) is 4. The molecule has 5 aromatic carbocycles. The third kappa shape index (κ3) is 13.1. The molecule has 370 valence electrons. The molecule has 0 bridgehead atoms. The highest BCUT2D eigenvalue weighted by Crippen LogP contribution is 2.31. The molecule has 0 radical (unpaired) electrons. The van der Waals surface area contributed by atoms with Crippen LogP contribution in [-0.2, 0) is 37.6 Å². The molecule has 1 atom stereocenters. The summed E-state index contributed by atoms with van der Waals surface area (Å²) in [6, 6.07) is 36.9. The Balaban J connectivity index is 0.687. The first-order valence-electron chi connectivity index (χ1n) is 24.2. The first kappa shape index (κ1) is 49.5. The second kappa shape index (κ2) is 23.2. The van der Waals surface area contributed by atoms with Gasteiger partial charge in [0.15, 0.2) is 5.75 Å². The lowest BCUT2D eigenvalue weighted by molar-refractivity contribution is -0.136. The van der Waals surface area contributed by atoms with Crippen LogP contribution in [0.3, 0.4) is 0 Å². The number of carbonyl (C=O) groups is 2. The Morgan fingerprint density at radius 2 is 1.59 bits per heavy atom. The number of anilines is 1. The van der Waals surface area contributed by atoms with E-state index >= 15 is 0 Å². The monoisotopic (exact) mass is 976 g/mol. The van der Waals surface area contributed by atoms with E-state index in [9.17, 15) is 19.5 Å². The number of likely N-dealkylation sites (tertiary alicyclic amines) is 1. The van der Waals surface area contributed by atoms with Gasteiger partial charge >= 0.3 is 0 Å². The van der Waals surface area contributed by atoms with Crippen molar-refractivity contribution in [2.45, 2.75) is 70.5 Å². The van der Waals surface area contributed by atoms with Gasteiger partial charge in [0, 0.05) is 55.5 Å². The van der Waals surface area contributed by atoms with Crippen molar-refractivity contribution in [3.63, 3.8) is 0 Å². The molecule has 9 rings (SSSR count). The molecule has 0 unspecified atom stereocenters. The minimum Gasteiger partial charge on any atom is -0.487 e. The summed E-state index contributed by atoms with van der Waals surface area (Å²) in [6.07, 6.45) is 9.80. The second-order valence-electron chi connectivity index (χ2n) is 18.2. The van der Waals surface area contributed by atoms with E-state index in [-0.39, 0.29) is 36.4 Å². The van der Waals surface area contributed by atoms with Crippen LogP contribution in [0.1, 0.15) is 76.1 Å². The molecule has 1 fully saturated rings. The van der Waals surface area contributed by atoms with E-state index in [2.05, 4.69) is 49.4 Å². The number of rotatable bonds is 18. The molecular formula is C57H56N10O6. The average Bonchev–Trinajstić information content (AvgIpc) is 3.87. The summed E-state index contributed by atoms with van der Waals surface area (Å²) in [5, 5.41) is 22.6. The zero-order chi connectivity index (χ0) is 50.6. The van der Waals surface area contributed by atoms with E-state index < -0.39 is 5.60 Å². The van der Waals surface area contributed by atoms with E-state index in [4.69, 9.17) is 15.2 Å². The summed E-state index contributed by atoms with van der Waals surface area (Å²) in [5.74, 6) is 7.93. The van der Waals surface area contributed by atoms with Crippen LogP contribution in [0.25, 0.3) is 10.9 Å². The largest absolute Gasteiger partial charge is 0.487 e. The molecule has 1 aliphatic rings. The number of fused-ring (bicyclic) bond motifs is 1. The third-order valence-corrected chi connectivity index (χ3v) is 12.8. The molecule has 0 spiro atoms. The van der Waals surface area contributed by atoms with Gasteiger partial charge in [-0.1, -0.05) is 73.4 Å². The summed E-state index contributed by atoms with van der Waals surface area (Å²) >= 11 is 0. The van der Waals surface area contributed by atoms with Crippen LogP contribution in [0.15, 0.2) is 157 Å². The molecule has 1 aliphatic heterocycles. The molecule has 2 amide bonds. The predicted molar refractivity (Wildman–Crippen MR) is 278 cm³/mol. The Bertz CT molecular complexity index is 3290. The van der Waals surface area contributed by atoms with Crippen molar-refractivity contribution in [1.29, 1.82) is 0 Å². The summed E-state index contributed by atoms with van der Waals surface area (Å²) in [6.45, 7) is 5.11. The summed E-state index contributed by atoms with van der Waals surface area (Å²) in [4.78, 5) is 54.9. The quantitative estimate of drug-likeness (QED) is 0.0498. The van der Waals surface area contributed by atoms with Crippen molar-refractivity contribution in [2.75, 3.05) is 25.0 Å². The van der Waals surface area contributed by atoms with Gasteiger partial charge in [-0.2, -0.15) is 5.10 Å². The lowest BCUT2D eigenvalue weighted by atomic mass is 9.90. The second-order valence-corrected chi connectivity index (χ2v) is 18.2. The Morgan fingerprint density at radius 3 is 2.36 bits per heavy atom. The maximum Gasteiger partial charge on any atom is 0.261 e. The van der Waals surface area contributed by atoms with E-state index in [1.807, 2.05) is 65.7 Å². The Morgan fingerprint density at radius 1 is 0.849 bits per heavy atom. The number of aliphatic hydroxyl groups is 1. The molecule has 16 nitrogen and oxygen atoms in total. The average molecular weight is 977 g/mol. The van der Waals surface area contributed by atoms with Gasteiger partial charge in [-0.3, -0.25) is 33.6 Å². The van der Waals surface area contributed by atoms with Crippen molar-refractivity contribution in [2.24, 2.45) is 5.73 Å². The van der Waals surface area contributed by atoms with Crippen LogP contribution >= 0.6 is 0 Å². The Labute approximate surface area is 422 Å². The van der Waals surface area contributed by atoms with Gasteiger partial charge in [-0.05, 0) is 96.6 Å². The molecule has 5 N–H and O–H groups in total. The molecule has 0 aliphatic carbocycles. The first-order chi connectivity index (χ1) is 35.6. The topological polar surface area (TPSA) is 205 Å². The highest BCUT2D eigenvalue weighted by atomic mass is 16.5. The van der Waals surface area contributed by atoms with E-state index in [0.717, 1.165) is 27.9 Å². The van der Waals surface area contributed by atoms with Gasteiger partial charge in [0.05, 0.1) is 78.1 Å². The number of nitrogens with two attached hydrogens (primary N) is 1. The number of hydrogen-bond acceptors (Lipinski definition) is 12. The van der Waals surface area contributed by atoms with Crippen LogP contribution in [0.2, 0.25) is 0 Å². The van der Waals surface area contributed by atoms with Crippen LogP contribution in [0, 0.1) is 11.8 Å². The lowest BCUT2D eigenvalue weighted by Gasteiger charge is -2.38. The molecule has 8 aromatic rings. The van der Waals surface area contributed by atoms with Crippen LogP contribution in [0.4, 0.5) is 5.69 Å². The maximum absolute atomic E-state index is 13.5. The number of nitrogens with one attached hydrogen (secondary N) is 2. The number of piperidine rings is 1. The predicted octanol–water partition coefficient (Wildman–Crippen LogP) is 7.20. The minimum atomic E-state index is -1.12. The van der Waals surface area contributed by atoms with Crippen molar-refractivity contribution in [1.82, 2.24) is 39.5 Å². The zero-order valence-electron chi connectivity index (χ0n) is 40.5. The van der Waals surface area contributed by atoms with Gasteiger partial charge in [0.25, 0.3) is 11.5 Å². The Hall–Kier alpha value is -8.49. The first-order valence-corrected chi connectivity index (χ1v) is 24.2. The molecule has 0 saturated carbocycles. The zero-order valence-corrected chi connectivity index (χ0v) is 40.5. The van der Waals surface area contributed by atoms with Gasteiger partial charge in [-0.25, -0.2) is 4.98 Å². The fourth-order valence-corrected chi connectivity index (χ4v) is 8.52. The molecule has 73 heavy (non-hydrogen) atoms.